The van der Waals surface area contributed by atoms with Crippen LogP contribution in [0.15, 0.2) is 22.6 Å². The van der Waals surface area contributed by atoms with E-state index in [0.717, 1.165) is 0 Å². The molecule has 110 valence electrons. The molecule has 1 aliphatic heterocycles. The molecule has 2 N–H and O–H groups in total. The zero-order valence-corrected chi connectivity index (χ0v) is 10.9. The van der Waals surface area contributed by atoms with Crippen molar-refractivity contribution in [3.05, 3.63) is 28.3 Å². The predicted molar refractivity (Wildman–Crippen MR) is 72.3 cm³/mol. The minimum absolute atomic E-state index is 0.0969. The number of benzene rings is 1. The highest BCUT2D eigenvalue weighted by atomic mass is 16.6. The van der Waals surface area contributed by atoms with Crippen LogP contribution in [0.25, 0.3) is 11.1 Å². The largest absolute Gasteiger partial charge is 0.480 e. The van der Waals surface area contributed by atoms with Crippen LogP contribution >= 0.6 is 0 Å². The zero-order chi connectivity index (χ0) is 15.0. The van der Waals surface area contributed by atoms with Gasteiger partial charge in [-0.2, -0.15) is 4.98 Å². The first-order valence-corrected chi connectivity index (χ1v) is 6.31. The van der Waals surface area contributed by atoms with E-state index in [1.807, 2.05) is 0 Å². The number of oxazole rings is 1. The fourth-order valence-electron chi connectivity index (χ4n) is 2.29. The van der Waals surface area contributed by atoms with Crippen LogP contribution in [0.3, 0.4) is 0 Å². The first kappa shape index (κ1) is 13.3. The average Bonchev–Trinajstić information content (AvgIpc) is 2.89. The first-order valence-electron chi connectivity index (χ1n) is 6.31. The maximum atomic E-state index is 11.3. The van der Waals surface area contributed by atoms with Crippen molar-refractivity contribution in [1.82, 2.24) is 10.3 Å². The summed E-state index contributed by atoms with van der Waals surface area (Å²) in [5.74, 6) is -0.976. The predicted octanol–water partition coefficient (Wildman–Crippen LogP) is 0.599. The molecule has 0 bridgehead atoms. The minimum Gasteiger partial charge on any atom is -0.480 e. The number of hydrogen-bond acceptors (Lipinski definition) is 7. The lowest BCUT2D eigenvalue weighted by molar-refractivity contribution is -0.384. The van der Waals surface area contributed by atoms with E-state index >= 15 is 0 Å². The second-order valence-corrected chi connectivity index (χ2v) is 4.66. The van der Waals surface area contributed by atoms with Crippen molar-refractivity contribution in [3.63, 3.8) is 0 Å². The van der Waals surface area contributed by atoms with Gasteiger partial charge in [0, 0.05) is 25.7 Å². The summed E-state index contributed by atoms with van der Waals surface area (Å²) in [6.07, 6.45) is 0. The molecule has 1 atom stereocenters. The van der Waals surface area contributed by atoms with Crippen LogP contribution in [-0.4, -0.2) is 46.7 Å². The van der Waals surface area contributed by atoms with Crippen molar-refractivity contribution >= 4 is 28.8 Å². The van der Waals surface area contributed by atoms with Crippen molar-refractivity contribution in [2.45, 2.75) is 6.04 Å². The first-order chi connectivity index (χ1) is 10.1. The molecule has 1 aromatic heterocycles. The number of nitro groups is 1. The number of aromatic nitrogens is 1. The molecule has 0 saturated carbocycles. The molecule has 0 amide bonds. The van der Waals surface area contributed by atoms with Crippen molar-refractivity contribution in [3.8, 4) is 0 Å². The third-order valence-electron chi connectivity index (χ3n) is 3.35. The Balaban J connectivity index is 1.99. The van der Waals surface area contributed by atoms with E-state index in [1.54, 1.807) is 4.90 Å². The van der Waals surface area contributed by atoms with Gasteiger partial charge in [0.1, 0.15) is 11.6 Å². The molecule has 9 heteroatoms. The summed E-state index contributed by atoms with van der Waals surface area (Å²) in [6.45, 7) is 1.34. The van der Waals surface area contributed by atoms with Crippen LogP contribution in [0, 0.1) is 10.1 Å². The number of nitro benzene ring substituents is 1. The number of nitrogens with one attached hydrogen (secondary N) is 1. The fraction of sp³-hybridized carbons (Fsp3) is 0.333. The lowest BCUT2D eigenvalue weighted by Gasteiger charge is -2.31. The number of hydrogen-bond donors (Lipinski definition) is 2. The summed E-state index contributed by atoms with van der Waals surface area (Å²) in [7, 11) is 0. The van der Waals surface area contributed by atoms with Crippen molar-refractivity contribution in [2.75, 3.05) is 24.5 Å². The number of aliphatic carboxylic acids is 1. The van der Waals surface area contributed by atoms with Crippen molar-refractivity contribution in [2.24, 2.45) is 0 Å². The van der Waals surface area contributed by atoms with Crippen LogP contribution in [-0.2, 0) is 4.79 Å². The number of carbonyl (C=O) groups is 1. The molecule has 1 unspecified atom stereocenters. The quantitative estimate of drug-likeness (QED) is 0.623. The summed E-state index contributed by atoms with van der Waals surface area (Å²) < 4.78 is 5.50. The molecular formula is C12H12N4O5. The van der Waals surface area contributed by atoms with Crippen molar-refractivity contribution < 1.29 is 19.2 Å². The number of carboxylic acid groups (broad SMARTS) is 1. The fourth-order valence-corrected chi connectivity index (χ4v) is 2.29. The summed E-state index contributed by atoms with van der Waals surface area (Å²) in [5, 5.41) is 23.0. The Labute approximate surface area is 118 Å². The zero-order valence-electron chi connectivity index (χ0n) is 10.9. The van der Waals surface area contributed by atoms with E-state index in [4.69, 9.17) is 4.42 Å². The summed E-state index contributed by atoms with van der Waals surface area (Å²) in [6, 6.07) is 3.49. The van der Waals surface area contributed by atoms with Crippen LogP contribution in [0.1, 0.15) is 0 Å². The average molecular weight is 292 g/mol. The molecule has 1 fully saturated rings. The van der Waals surface area contributed by atoms with Gasteiger partial charge in [-0.25, -0.2) is 4.79 Å². The molecule has 3 rings (SSSR count). The van der Waals surface area contributed by atoms with Crippen LogP contribution in [0.5, 0.6) is 0 Å². The Kier molecular flexibility index (Phi) is 3.18. The molecular weight excluding hydrogens is 280 g/mol. The van der Waals surface area contributed by atoms with Crippen LogP contribution < -0.4 is 10.2 Å². The van der Waals surface area contributed by atoms with Gasteiger partial charge in [-0.1, -0.05) is 0 Å². The molecule has 0 spiro atoms. The molecule has 1 saturated heterocycles. The van der Waals surface area contributed by atoms with Gasteiger partial charge in [-0.3, -0.25) is 10.1 Å². The molecule has 1 aliphatic rings. The normalized spacial score (nSPS) is 18.9. The summed E-state index contributed by atoms with van der Waals surface area (Å²) in [4.78, 5) is 27.2. The number of fused-ring (bicyclic) bond motifs is 1. The van der Waals surface area contributed by atoms with E-state index in [9.17, 15) is 20.0 Å². The van der Waals surface area contributed by atoms with Gasteiger partial charge >= 0.3 is 5.97 Å². The van der Waals surface area contributed by atoms with Crippen molar-refractivity contribution in [1.29, 1.82) is 0 Å². The number of rotatable bonds is 3. The van der Waals surface area contributed by atoms with Gasteiger partial charge in [0.2, 0.25) is 0 Å². The van der Waals surface area contributed by atoms with Gasteiger partial charge in [0.15, 0.2) is 5.58 Å². The Morgan fingerprint density at radius 3 is 3.10 bits per heavy atom. The van der Waals surface area contributed by atoms with E-state index < -0.39 is 16.9 Å². The molecule has 2 aromatic rings. The summed E-state index contributed by atoms with van der Waals surface area (Å²) in [5.41, 5.74) is 0.625. The second kappa shape index (κ2) is 5.02. The minimum atomic E-state index is -0.976. The number of carboxylic acids is 1. The highest BCUT2D eigenvalue weighted by Gasteiger charge is 2.31. The van der Waals surface area contributed by atoms with E-state index in [2.05, 4.69) is 10.3 Å². The Morgan fingerprint density at radius 1 is 1.57 bits per heavy atom. The number of non-ortho nitro benzene ring substituents is 1. The second-order valence-electron chi connectivity index (χ2n) is 4.66. The molecule has 9 nitrogen and oxygen atoms in total. The molecule has 2 heterocycles. The Morgan fingerprint density at radius 2 is 2.38 bits per heavy atom. The Hall–Kier alpha value is -2.68. The van der Waals surface area contributed by atoms with Gasteiger partial charge in [0.05, 0.1) is 11.0 Å². The molecule has 0 radical (unpaired) electrons. The third kappa shape index (κ3) is 2.38. The molecule has 1 aromatic carbocycles. The molecule has 0 aliphatic carbocycles. The SMILES string of the molecule is O=C(O)C1CNCCN1c1nc2ccc([N+](=O)[O-])cc2o1. The summed E-state index contributed by atoms with van der Waals surface area (Å²) >= 11 is 0. The lowest BCUT2D eigenvalue weighted by atomic mass is 10.2. The monoisotopic (exact) mass is 292 g/mol. The Bertz CT molecular complexity index is 713. The van der Waals surface area contributed by atoms with Gasteiger partial charge in [0.25, 0.3) is 11.7 Å². The van der Waals surface area contributed by atoms with Gasteiger partial charge in [-0.05, 0) is 6.07 Å². The van der Waals surface area contributed by atoms with E-state index in [1.165, 1.54) is 18.2 Å². The molecule has 21 heavy (non-hydrogen) atoms. The number of nitrogens with zero attached hydrogens (tertiary/aromatic N) is 3. The van der Waals surface area contributed by atoms with Gasteiger partial charge < -0.3 is 19.7 Å². The maximum Gasteiger partial charge on any atom is 0.327 e. The highest BCUT2D eigenvalue weighted by Crippen LogP contribution is 2.27. The van der Waals surface area contributed by atoms with E-state index in [0.29, 0.717) is 18.6 Å². The standard InChI is InChI=1S/C12H12N4O5/c17-11(18)9-6-13-3-4-15(9)12-14-8-2-1-7(16(19)20)5-10(8)21-12/h1-2,5,9,13H,3-4,6H2,(H,17,18). The number of piperazine rings is 1. The highest BCUT2D eigenvalue weighted by molar-refractivity contribution is 5.80. The topological polar surface area (TPSA) is 122 Å². The lowest BCUT2D eigenvalue weighted by Crippen LogP contribution is -2.55. The van der Waals surface area contributed by atoms with Crippen LogP contribution in [0.4, 0.5) is 11.7 Å². The van der Waals surface area contributed by atoms with Crippen LogP contribution in [0.2, 0.25) is 0 Å². The van der Waals surface area contributed by atoms with E-state index in [-0.39, 0.29) is 23.8 Å². The third-order valence-corrected chi connectivity index (χ3v) is 3.35. The smallest absolute Gasteiger partial charge is 0.327 e. The maximum absolute atomic E-state index is 11.3. The van der Waals surface area contributed by atoms with Gasteiger partial charge in [-0.15, -0.1) is 0 Å². The number of anilines is 1.